The quantitative estimate of drug-likeness (QED) is 0.552. The molecule has 2 amide bonds. The molecular formula is C21H24BrClN2O2S. The zero-order valence-electron chi connectivity index (χ0n) is 16.0. The normalized spacial score (nSPS) is 11.7. The van der Waals surface area contributed by atoms with Crippen LogP contribution in [0.5, 0.6) is 0 Å². The Morgan fingerprint density at radius 2 is 1.71 bits per heavy atom. The number of carbonyl (C=O) groups excluding carboxylic acids is 2. The van der Waals surface area contributed by atoms with Gasteiger partial charge in [-0.2, -0.15) is 0 Å². The van der Waals surface area contributed by atoms with Gasteiger partial charge < -0.3 is 10.2 Å². The molecule has 1 N–H and O–H groups in total. The molecule has 2 rings (SSSR count). The van der Waals surface area contributed by atoms with E-state index in [9.17, 15) is 9.59 Å². The van der Waals surface area contributed by atoms with Crippen LogP contribution >= 0.6 is 39.3 Å². The third-order valence-electron chi connectivity index (χ3n) is 4.31. The second kappa shape index (κ2) is 11.5. The van der Waals surface area contributed by atoms with Gasteiger partial charge in [-0.3, -0.25) is 9.59 Å². The summed E-state index contributed by atoms with van der Waals surface area (Å²) in [6, 6.07) is 14.9. The molecule has 28 heavy (non-hydrogen) atoms. The number of nitrogens with one attached hydrogen (secondary N) is 1. The van der Waals surface area contributed by atoms with Gasteiger partial charge in [-0.15, -0.1) is 11.8 Å². The van der Waals surface area contributed by atoms with Gasteiger partial charge in [-0.1, -0.05) is 58.7 Å². The van der Waals surface area contributed by atoms with Crippen molar-refractivity contribution in [3.05, 3.63) is 69.2 Å². The zero-order valence-corrected chi connectivity index (χ0v) is 19.1. The van der Waals surface area contributed by atoms with Gasteiger partial charge in [0.2, 0.25) is 11.8 Å². The first-order chi connectivity index (χ1) is 13.4. The van der Waals surface area contributed by atoms with Crippen LogP contribution < -0.4 is 5.32 Å². The predicted molar refractivity (Wildman–Crippen MR) is 120 cm³/mol. The fourth-order valence-electron chi connectivity index (χ4n) is 2.79. The third kappa shape index (κ3) is 6.83. The zero-order chi connectivity index (χ0) is 20.5. The first-order valence-corrected chi connectivity index (χ1v) is 11.3. The minimum absolute atomic E-state index is 0.0486. The highest BCUT2D eigenvalue weighted by Gasteiger charge is 2.27. The highest BCUT2D eigenvalue weighted by Crippen LogP contribution is 2.19. The Bertz CT molecular complexity index is 784. The summed E-state index contributed by atoms with van der Waals surface area (Å²) in [5.41, 5.74) is 2.10. The number of nitrogens with zero attached hydrogens (tertiary/aromatic N) is 1. The number of amides is 2. The van der Waals surface area contributed by atoms with Crippen LogP contribution in [0.1, 0.15) is 24.5 Å². The topological polar surface area (TPSA) is 49.4 Å². The van der Waals surface area contributed by atoms with E-state index in [4.69, 9.17) is 11.6 Å². The lowest BCUT2D eigenvalue weighted by molar-refractivity contribution is -0.139. The summed E-state index contributed by atoms with van der Waals surface area (Å²) in [6.07, 6.45) is 0.552. The van der Waals surface area contributed by atoms with Crippen LogP contribution in [-0.2, 0) is 21.9 Å². The lowest BCUT2D eigenvalue weighted by Gasteiger charge is -2.30. The van der Waals surface area contributed by atoms with Crippen molar-refractivity contribution < 1.29 is 9.59 Å². The molecule has 2 aromatic carbocycles. The molecule has 0 aliphatic heterocycles. The van der Waals surface area contributed by atoms with Crippen molar-refractivity contribution in [1.82, 2.24) is 10.2 Å². The van der Waals surface area contributed by atoms with Crippen LogP contribution in [0.2, 0.25) is 5.02 Å². The van der Waals surface area contributed by atoms with E-state index >= 15 is 0 Å². The molecule has 0 saturated heterocycles. The molecule has 0 unspecified atom stereocenters. The van der Waals surface area contributed by atoms with Crippen LogP contribution in [0.25, 0.3) is 0 Å². The van der Waals surface area contributed by atoms with E-state index in [0.29, 0.717) is 23.7 Å². The number of likely N-dealkylation sites (N-methyl/N-ethyl adjacent to an activating group) is 1. The van der Waals surface area contributed by atoms with E-state index in [0.717, 1.165) is 21.4 Å². The van der Waals surface area contributed by atoms with Gasteiger partial charge in [-0.05, 0) is 41.8 Å². The molecule has 4 nitrogen and oxygen atoms in total. The first kappa shape index (κ1) is 22.8. The van der Waals surface area contributed by atoms with Crippen LogP contribution in [0.4, 0.5) is 0 Å². The second-order valence-corrected chi connectivity index (χ2v) is 8.64. The van der Waals surface area contributed by atoms with Crippen molar-refractivity contribution in [2.45, 2.75) is 31.7 Å². The highest BCUT2D eigenvalue weighted by atomic mass is 79.9. The van der Waals surface area contributed by atoms with Gasteiger partial charge in [0.25, 0.3) is 0 Å². The second-order valence-electron chi connectivity index (χ2n) is 6.31. The average Bonchev–Trinajstić information content (AvgIpc) is 2.70. The summed E-state index contributed by atoms with van der Waals surface area (Å²) in [6.45, 7) is 2.29. The van der Waals surface area contributed by atoms with E-state index in [1.807, 2.05) is 43.3 Å². The fourth-order valence-corrected chi connectivity index (χ4v) is 4.05. The van der Waals surface area contributed by atoms with Crippen molar-refractivity contribution in [1.29, 1.82) is 0 Å². The van der Waals surface area contributed by atoms with Gasteiger partial charge in [-0.25, -0.2) is 0 Å². The number of carbonyl (C=O) groups is 2. The molecule has 0 saturated carbocycles. The van der Waals surface area contributed by atoms with Crippen molar-refractivity contribution in [3.63, 3.8) is 0 Å². The molecule has 1 atom stereocenters. The Morgan fingerprint density at radius 3 is 2.29 bits per heavy atom. The van der Waals surface area contributed by atoms with Crippen molar-refractivity contribution in [2.75, 3.05) is 12.8 Å². The SMILES string of the molecule is CC[C@@H](C(=O)NC)N(Cc1ccc(Cl)cc1)C(=O)CSCc1ccc(Br)cc1. The minimum atomic E-state index is -0.499. The Labute approximate surface area is 184 Å². The fraction of sp³-hybridized carbons (Fsp3) is 0.333. The van der Waals surface area contributed by atoms with Crippen molar-refractivity contribution in [3.8, 4) is 0 Å². The van der Waals surface area contributed by atoms with Crippen LogP contribution in [-0.4, -0.2) is 35.6 Å². The minimum Gasteiger partial charge on any atom is -0.357 e. The van der Waals surface area contributed by atoms with E-state index in [2.05, 4.69) is 21.2 Å². The Kier molecular flexibility index (Phi) is 9.35. The molecular weight excluding hydrogens is 460 g/mol. The smallest absolute Gasteiger partial charge is 0.242 e. The molecule has 0 aliphatic carbocycles. The van der Waals surface area contributed by atoms with Gasteiger partial charge in [0.15, 0.2) is 0 Å². The lowest BCUT2D eigenvalue weighted by atomic mass is 10.1. The molecule has 0 aliphatic rings. The summed E-state index contributed by atoms with van der Waals surface area (Å²) < 4.78 is 1.03. The maximum absolute atomic E-state index is 13.0. The highest BCUT2D eigenvalue weighted by molar-refractivity contribution is 9.10. The van der Waals surface area contributed by atoms with Gasteiger partial charge >= 0.3 is 0 Å². The molecule has 0 heterocycles. The Hall–Kier alpha value is -1.50. The summed E-state index contributed by atoms with van der Waals surface area (Å²) >= 11 is 10.9. The Morgan fingerprint density at radius 1 is 1.11 bits per heavy atom. The number of benzene rings is 2. The number of thioether (sulfide) groups is 1. The van der Waals surface area contributed by atoms with Crippen molar-refractivity contribution in [2.24, 2.45) is 0 Å². The number of rotatable bonds is 9. The van der Waals surface area contributed by atoms with E-state index < -0.39 is 6.04 Å². The molecule has 0 radical (unpaired) electrons. The van der Waals surface area contributed by atoms with Crippen molar-refractivity contribution >= 4 is 51.1 Å². The van der Waals surface area contributed by atoms with Gasteiger partial charge in [0, 0.05) is 28.8 Å². The monoisotopic (exact) mass is 482 g/mol. The predicted octanol–water partition coefficient (Wildman–Crippen LogP) is 4.89. The number of halogens is 2. The standard InChI is InChI=1S/C21H24BrClN2O2S/c1-3-19(21(27)24-2)25(12-15-6-10-18(23)11-7-15)20(26)14-28-13-16-4-8-17(22)9-5-16/h4-11,19H,3,12-14H2,1-2H3,(H,24,27)/t19-/m0/s1. The molecule has 7 heteroatoms. The summed E-state index contributed by atoms with van der Waals surface area (Å²) in [7, 11) is 1.60. The van der Waals surface area contributed by atoms with Crippen LogP contribution in [0, 0.1) is 0 Å². The summed E-state index contributed by atoms with van der Waals surface area (Å²) in [5, 5.41) is 3.31. The van der Waals surface area contributed by atoms with E-state index in [-0.39, 0.29) is 11.8 Å². The van der Waals surface area contributed by atoms with Crippen LogP contribution in [0.3, 0.4) is 0 Å². The molecule has 0 aromatic heterocycles. The van der Waals surface area contributed by atoms with Gasteiger partial charge in [0.1, 0.15) is 6.04 Å². The summed E-state index contributed by atoms with van der Waals surface area (Å²) in [5.74, 6) is 0.858. The average molecular weight is 484 g/mol. The molecule has 0 fully saturated rings. The first-order valence-electron chi connectivity index (χ1n) is 9.02. The number of hydrogen-bond donors (Lipinski definition) is 1. The molecule has 2 aromatic rings. The van der Waals surface area contributed by atoms with E-state index in [1.54, 1.807) is 35.8 Å². The largest absolute Gasteiger partial charge is 0.357 e. The molecule has 150 valence electrons. The Balaban J connectivity index is 2.07. The molecule has 0 bridgehead atoms. The van der Waals surface area contributed by atoms with Crippen LogP contribution in [0.15, 0.2) is 53.0 Å². The van der Waals surface area contributed by atoms with E-state index in [1.165, 1.54) is 0 Å². The third-order valence-corrected chi connectivity index (χ3v) is 6.08. The lowest BCUT2D eigenvalue weighted by Crippen LogP contribution is -2.48. The molecule has 0 spiro atoms. The van der Waals surface area contributed by atoms with Gasteiger partial charge in [0.05, 0.1) is 5.75 Å². The summed E-state index contributed by atoms with van der Waals surface area (Å²) in [4.78, 5) is 27.0. The number of hydrogen-bond acceptors (Lipinski definition) is 3. The maximum Gasteiger partial charge on any atom is 0.242 e. The maximum atomic E-state index is 13.0.